The van der Waals surface area contributed by atoms with E-state index in [1.165, 1.54) is 4.68 Å². The minimum absolute atomic E-state index is 0.0613. The normalized spacial score (nSPS) is 10.5. The molecule has 1 rings (SSSR count). The second-order valence-corrected chi connectivity index (χ2v) is 3.03. The Morgan fingerprint density at radius 3 is 2.14 bits per heavy atom. The van der Waals surface area contributed by atoms with Crippen molar-refractivity contribution in [1.29, 1.82) is 0 Å². The maximum absolute atomic E-state index is 10.9. The molecule has 7 heteroatoms. The van der Waals surface area contributed by atoms with Crippen LogP contribution in [0.1, 0.15) is 41.1 Å². The number of nitrogens with zero attached hydrogens (tertiary/aromatic N) is 3. The van der Waals surface area contributed by atoms with Crippen LogP contribution in [0.4, 0.5) is 0 Å². The van der Waals surface area contributed by atoms with Crippen molar-refractivity contribution in [1.82, 2.24) is 14.8 Å². The summed E-state index contributed by atoms with van der Waals surface area (Å²) in [6.45, 7) is 3.57. The van der Waals surface area contributed by atoms with Crippen LogP contribution in [-0.2, 0) is 0 Å². The second kappa shape index (κ2) is 3.44. The van der Waals surface area contributed by atoms with E-state index in [4.69, 9.17) is 11.5 Å². The number of nitrogens with two attached hydrogens (primary N) is 2. The lowest BCUT2D eigenvalue weighted by Gasteiger charge is -2.05. The minimum atomic E-state index is -0.785. The quantitative estimate of drug-likeness (QED) is 0.649. The molecule has 14 heavy (non-hydrogen) atoms. The van der Waals surface area contributed by atoms with Gasteiger partial charge in [-0.3, -0.25) is 9.59 Å². The molecule has 0 aliphatic rings. The molecule has 0 fully saturated rings. The first-order chi connectivity index (χ1) is 6.43. The molecule has 1 heterocycles. The molecule has 0 spiro atoms. The lowest BCUT2D eigenvalue weighted by atomic mass is 10.4. The van der Waals surface area contributed by atoms with Crippen LogP contribution in [0.3, 0.4) is 0 Å². The van der Waals surface area contributed by atoms with Gasteiger partial charge in [-0.05, 0) is 13.8 Å². The standard InChI is InChI=1S/C7H11N5O2/c1-3(2)12-7(5(9)14)10-6(11-12)4(8)13/h3H,1-2H3,(H2,8,13)(H2,9,14). The largest absolute Gasteiger partial charge is 0.363 e. The summed E-state index contributed by atoms with van der Waals surface area (Å²) in [5, 5.41) is 3.76. The van der Waals surface area contributed by atoms with Gasteiger partial charge in [0.2, 0.25) is 11.6 Å². The SMILES string of the molecule is CC(C)n1nc(C(N)=O)nc1C(N)=O. The summed E-state index contributed by atoms with van der Waals surface area (Å²) >= 11 is 0. The van der Waals surface area contributed by atoms with Gasteiger partial charge in [0, 0.05) is 6.04 Å². The van der Waals surface area contributed by atoms with Gasteiger partial charge in [0.05, 0.1) is 0 Å². The van der Waals surface area contributed by atoms with Crippen molar-refractivity contribution in [3.63, 3.8) is 0 Å². The lowest BCUT2D eigenvalue weighted by Crippen LogP contribution is -2.20. The minimum Gasteiger partial charge on any atom is -0.363 e. The molecule has 0 aliphatic carbocycles. The van der Waals surface area contributed by atoms with Crippen molar-refractivity contribution in [2.24, 2.45) is 11.5 Å². The van der Waals surface area contributed by atoms with Crippen LogP contribution >= 0.6 is 0 Å². The molecule has 0 radical (unpaired) electrons. The number of amides is 2. The van der Waals surface area contributed by atoms with Crippen molar-refractivity contribution in [2.45, 2.75) is 19.9 Å². The number of hydrogen-bond acceptors (Lipinski definition) is 4. The number of primary amides is 2. The third kappa shape index (κ3) is 1.70. The van der Waals surface area contributed by atoms with Gasteiger partial charge in [-0.25, -0.2) is 4.68 Å². The van der Waals surface area contributed by atoms with Crippen LogP contribution in [0.25, 0.3) is 0 Å². The van der Waals surface area contributed by atoms with Crippen LogP contribution in [0, 0.1) is 0 Å². The highest BCUT2D eigenvalue weighted by Gasteiger charge is 2.18. The molecular formula is C7H11N5O2. The van der Waals surface area contributed by atoms with Crippen molar-refractivity contribution in [3.8, 4) is 0 Å². The molecule has 4 N–H and O–H groups in total. The zero-order valence-corrected chi connectivity index (χ0v) is 7.89. The summed E-state index contributed by atoms with van der Waals surface area (Å²) in [7, 11) is 0. The van der Waals surface area contributed by atoms with Crippen LogP contribution in [0.15, 0.2) is 0 Å². The number of rotatable bonds is 3. The molecule has 0 bridgehead atoms. The van der Waals surface area contributed by atoms with E-state index in [0.717, 1.165) is 0 Å². The van der Waals surface area contributed by atoms with Crippen LogP contribution in [0.5, 0.6) is 0 Å². The topological polar surface area (TPSA) is 117 Å². The van der Waals surface area contributed by atoms with Crippen molar-refractivity contribution < 1.29 is 9.59 Å². The van der Waals surface area contributed by atoms with Crippen molar-refractivity contribution in [2.75, 3.05) is 0 Å². The van der Waals surface area contributed by atoms with Crippen molar-refractivity contribution >= 4 is 11.8 Å². The summed E-state index contributed by atoms with van der Waals surface area (Å²) in [6, 6.07) is -0.113. The Hall–Kier alpha value is -1.92. The first-order valence-corrected chi connectivity index (χ1v) is 3.99. The predicted octanol–water partition coefficient (Wildman–Crippen LogP) is -0.943. The van der Waals surface area contributed by atoms with Gasteiger partial charge in [0.25, 0.3) is 11.8 Å². The fourth-order valence-corrected chi connectivity index (χ4v) is 0.956. The summed E-state index contributed by atoms with van der Waals surface area (Å²) in [5.74, 6) is -1.79. The van der Waals surface area contributed by atoms with E-state index in [1.54, 1.807) is 13.8 Å². The highest BCUT2D eigenvalue weighted by atomic mass is 16.2. The maximum Gasteiger partial charge on any atom is 0.288 e. The van der Waals surface area contributed by atoms with Gasteiger partial charge in [-0.15, -0.1) is 5.10 Å². The van der Waals surface area contributed by atoms with Gasteiger partial charge in [-0.2, -0.15) is 4.98 Å². The summed E-state index contributed by atoms with van der Waals surface area (Å²) in [4.78, 5) is 25.3. The van der Waals surface area contributed by atoms with Crippen LogP contribution < -0.4 is 11.5 Å². The zero-order valence-electron chi connectivity index (χ0n) is 7.89. The second-order valence-electron chi connectivity index (χ2n) is 3.03. The Morgan fingerprint density at radius 1 is 1.29 bits per heavy atom. The smallest absolute Gasteiger partial charge is 0.288 e. The van der Waals surface area contributed by atoms with Gasteiger partial charge >= 0.3 is 0 Å². The average molecular weight is 197 g/mol. The molecule has 1 aromatic heterocycles. The first kappa shape index (κ1) is 10.2. The predicted molar refractivity (Wildman–Crippen MR) is 47.4 cm³/mol. The molecule has 0 saturated carbocycles. The number of carbonyl (C=O) groups is 2. The third-order valence-electron chi connectivity index (χ3n) is 1.56. The molecule has 0 unspecified atom stereocenters. The fraction of sp³-hybridized carbons (Fsp3) is 0.429. The lowest BCUT2D eigenvalue weighted by molar-refractivity contribution is 0.0981. The molecule has 0 saturated heterocycles. The van der Waals surface area contributed by atoms with Gasteiger partial charge in [-0.1, -0.05) is 0 Å². The Morgan fingerprint density at radius 2 is 1.86 bits per heavy atom. The Balaban J connectivity index is 3.26. The van der Waals surface area contributed by atoms with Gasteiger partial charge in [0.1, 0.15) is 0 Å². The average Bonchev–Trinajstić information content (AvgIpc) is 2.47. The van der Waals surface area contributed by atoms with E-state index in [0.29, 0.717) is 0 Å². The van der Waals surface area contributed by atoms with E-state index in [1.807, 2.05) is 0 Å². The number of carbonyl (C=O) groups excluding carboxylic acids is 2. The Kier molecular flexibility index (Phi) is 2.50. The maximum atomic E-state index is 10.9. The van der Waals surface area contributed by atoms with Crippen molar-refractivity contribution in [3.05, 3.63) is 11.6 Å². The molecule has 2 amide bonds. The summed E-state index contributed by atoms with van der Waals surface area (Å²) in [6.07, 6.45) is 0. The summed E-state index contributed by atoms with van der Waals surface area (Å²) in [5.41, 5.74) is 10.0. The highest BCUT2D eigenvalue weighted by molar-refractivity contribution is 5.93. The highest BCUT2D eigenvalue weighted by Crippen LogP contribution is 2.06. The fourth-order valence-electron chi connectivity index (χ4n) is 0.956. The molecular weight excluding hydrogens is 186 g/mol. The summed E-state index contributed by atoms with van der Waals surface area (Å²) < 4.78 is 1.27. The Bertz CT molecular complexity index is 381. The third-order valence-corrected chi connectivity index (χ3v) is 1.56. The van der Waals surface area contributed by atoms with E-state index in [9.17, 15) is 9.59 Å². The molecule has 0 atom stereocenters. The van der Waals surface area contributed by atoms with E-state index >= 15 is 0 Å². The zero-order chi connectivity index (χ0) is 10.9. The monoisotopic (exact) mass is 197 g/mol. The molecule has 0 aromatic carbocycles. The van der Waals surface area contributed by atoms with Gasteiger partial charge in [0.15, 0.2) is 0 Å². The van der Waals surface area contributed by atoms with Gasteiger partial charge < -0.3 is 11.5 Å². The molecule has 7 nitrogen and oxygen atoms in total. The molecule has 0 aliphatic heterocycles. The van der Waals surface area contributed by atoms with E-state index < -0.39 is 11.8 Å². The first-order valence-electron chi connectivity index (χ1n) is 3.99. The molecule has 1 aromatic rings. The number of hydrogen-bond donors (Lipinski definition) is 2. The van der Waals surface area contributed by atoms with E-state index in [-0.39, 0.29) is 17.7 Å². The number of aromatic nitrogens is 3. The van der Waals surface area contributed by atoms with Crippen LogP contribution in [0.2, 0.25) is 0 Å². The Labute approximate surface area is 80.1 Å². The van der Waals surface area contributed by atoms with Crippen LogP contribution in [-0.4, -0.2) is 26.6 Å². The molecule has 76 valence electrons. The van der Waals surface area contributed by atoms with E-state index in [2.05, 4.69) is 10.1 Å².